The Hall–Kier alpha value is -3.10. The first kappa shape index (κ1) is 18.7. The van der Waals surface area contributed by atoms with Crippen molar-refractivity contribution in [1.29, 1.82) is 0 Å². The highest BCUT2D eigenvalue weighted by molar-refractivity contribution is 5.98. The van der Waals surface area contributed by atoms with Crippen LogP contribution < -0.4 is 15.0 Å². The van der Waals surface area contributed by atoms with Crippen molar-refractivity contribution in [2.24, 2.45) is 12.0 Å². The number of nitrogens with one attached hydrogen (secondary N) is 1. The second-order valence-electron chi connectivity index (χ2n) is 6.12. The Morgan fingerprint density at radius 1 is 1.33 bits per heavy atom. The van der Waals surface area contributed by atoms with Crippen molar-refractivity contribution in [3.63, 3.8) is 0 Å². The number of guanidine groups is 1. The summed E-state index contributed by atoms with van der Waals surface area (Å²) in [5.74, 6) is 0.959. The summed E-state index contributed by atoms with van der Waals surface area (Å²) in [6.45, 7) is 2.39. The number of aliphatic imine (C=N–C) groups is 1. The number of aromatic nitrogens is 2. The number of hydrogen-bond donors (Lipinski definition) is 1. The monoisotopic (exact) mass is 374 g/mol. The summed E-state index contributed by atoms with van der Waals surface area (Å²) in [5, 5.41) is 7.30. The van der Waals surface area contributed by atoms with Gasteiger partial charge >= 0.3 is 0 Å². The second-order valence-corrected chi connectivity index (χ2v) is 6.12. The third kappa shape index (κ3) is 4.75. The molecule has 2 aromatic rings. The minimum Gasteiger partial charge on any atom is -0.492 e. The number of anilines is 1. The third-order valence-corrected chi connectivity index (χ3v) is 4.20. The van der Waals surface area contributed by atoms with Gasteiger partial charge in [-0.1, -0.05) is 0 Å². The summed E-state index contributed by atoms with van der Waals surface area (Å²) in [6, 6.07) is 5.88. The van der Waals surface area contributed by atoms with E-state index in [9.17, 15) is 9.18 Å². The van der Waals surface area contributed by atoms with Crippen molar-refractivity contribution in [3.8, 4) is 5.75 Å². The molecule has 0 bridgehead atoms. The summed E-state index contributed by atoms with van der Waals surface area (Å²) < 4.78 is 20.1. The summed E-state index contributed by atoms with van der Waals surface area (Å²) in [7, 11) is 3.51. The first-order chi connectivity index (χ1) is 13.1. The number of nitrogens with zero attached hydrogens (tertiary/aromatic N) is 5. The van der Waals surface area contributed by atoms with Crippen LogP contribution in [0.2, 0.25) is 0 Å². The van der Waals surface area contributed by atoms with Crippen LogP contribution in [0.4, 0.5) is 10.1 Å². The maximum Gasteiger partial charge on any atom is 0.246 e. The van der Waals surface area contributed by atoms with Gasteiger partial charge in [-0.15, -0.1) is 0 Å². The Morgan fingerprint density at radius 2 is 2.11 bits per heavy atom. The van der Waals surface area contributed by atoms with Gasteiger partial charge in [-0.25, -0.2) is 4.39 Å². The van der Waals surface area contributed by atoms with Gasteiger partial charge < -0.3 is 19.9 Å². The van der Waals surface area contributed by atoms with E-state index in [4.69, 9.17) is 4.74 Å². The van der Waals surface area contributed by atoms with Crippen LogP contribution in [0.1, 0.15) is 0 Å². The van der Waals surface area contributed by atoms with Crippen LogP contribution in [0.5, 0.6) is 5.75 Å². The molecule has 3 rings (SSSR count). The number of benzene rings is 1. The average molecular weight is 374 g/mol. The highest BCUT2D eigenvalue weighted by Crippen LogP contribution is 2.16. The molecule has 1 aromatic carbocycles. The number of piperazine rings is 1. The molecule has 2 heterocycles. The Balaban J connectivity index is 1.47. The molecule has 0 aliphatic carbocycles. The first-order valence-corrected chi connectivity index (χ1v) is 8.70. The summed E-state index contributed by atoms with van der Waals surface area (Å²) >= 11 is 0. The molecule has 0 saturated carbocycles. The molecular formula is C18H23FN6O2. The molecule has 1 N–H and O–H groups in total. The zero-order valence-corrected chi connectivity index (χ0v) is 15.4. The molecule has 1 aliphatic rings. The maximum absolute atomic E-state index is 12.9. The molecule has 0 spiro atoms. The van der Waals surface area contributed by atoms with Crippen molar-refractivity contribution in [3.05, 3.63) is 42.5 Å². The van der Waals surface area contributed by atoms with Gasteiger partial charge in [0.25, 0.3) is 0 Å². The van der Waals surface area contributed by atoms with Crippen LogP contribution in [0, 0.1) is 5.82 Å². The molecular weight excluding hydrogens is 351 g/mol. The highest BCUT2D eigenvalue weighted by atomic mass is 19.1. The van der Waals surface area contributed by atoms with Crippen molar-refractivity contribution in [2.75, 3.05) is 44.7 Å². The van der Waals surface area contributed by atoms with E-state index in [1.807, 2.05) is 18.1 Å². The molecule has 144 valence electrons. The normalized spacial score (nSPS) is 15.2. The summed E-state index contributed by atoms with van der Waals surface area (Å²) in [6.07, 6.45) is 3.51. The minimum atomic E-state index is -0.295. The fourth-order valence-electron chi connectivity index (χ4n) is 2.87. The number of carbonyl (C=O) groups is 1. The number of halogens is 1. The first-order valence-electron chi connectivity index (χ1n) is 8.70. The third-order valence-electron chi connectivity index (χ3n) is 4.20. The van der Waals surface area contributed by atoms with Crippen LogP contribution in [-0.4, -0.2) is 66.4 Å². The maximum atomic E-state index is 12.9. The smallest absolute Gasteiger partial charge is 0.246 e. The van der Waals surface area contributed by atoms with Crippen LogP contribution in [-0.2, 0) is 11.8 Å². The molecule has 0 radical (unpaired) electrons. The van der Waals surface area contributed by atoms with Crippen molar-refractivity contribution < 1.29 is 13.9 Å². The fraction of sp³-hybridized carbons (Fsp3) is 0.389. The largest absolute Gasteiger partial charge is 0.492 e. The van der Waals surface area contributed by atoms with Gasteiger partial charge in [0.05, 0.1) is 18.4 Å². The van der Waals surface area contributed by atoms with Crippen LogP contribution >= 0.6 is 0 Å². The molecule has 8 nitrogen and oxygen atoms in total. The summed E-state index contributed by atoms with van der Waals surface area (Å²) in [5.41, 5.74) is 0.804. The lowest BCUT2D eigenvalue weighted by Gasteiger charge is -2.35. The van der Waals surface area contributed by atoms with Gasteiger partial charge in [-0.3, -0.25) is 14.5 Å². The summed E-state index contributed by atoms with van der Waals surface area (Å²) in [4.78, 5) is 20.4. The van der Waals surface area contributed by atoms with E-state index in [-0.39, 0.29) is 18.3 Å². The predicted octanol–water partition coefficient (Wildman–Crippen LogP) is 0.862. The molecule has 0 unspecified atom stereocenters. The lowest BCUT2D eigenvalue weighted by molar-refractivity contribution is -0.120. The zero-order valence-electron chi connectivity index (χ0n) is 15.4. The van der Waals surface area contributed by atoms with Crippen LogP contribution in [0.3, 0.4) is 0 Å². The minimum absolute atomic E-state index is 0.000220. The predicted molar refractivity (Wildman–Crippen MR) is 100 cm³/mol. The van der Waals surface area contributed by atoms with Crippen molar-refractivity contribution >= 4 is 17.6 Å². The van der Waals surface area contributed by atoms with E-state index < -0.39 is 0 Å². The van der Waals surface area contributed by atoms with E-state index in [0.29, 0.717) is 38.0 Å². The fourth-order valence-corrected chi connectivity index (χ4v) is 2.87. The van der Waals surface area contributed by atoms with E-state index in [0.717, 1.165) is 5.69 Å². The average Bonchev–Trinajstić information content (AvgIpc) is 3.09. The Morgan fingerprint density at radius 3 is 2.74 bits per heavy atom. The SMILES string of the molecule is CN=C(NCCOc1ccc(F)cc1)N1CCN(c2cnn(C)c2)C(=O)C1. The van der Waals surface area contributed by atoms with E-state index in [1.54, 1.807) is 35.0 Å². The Bertz CT molecular complexity index is 804. The number of carbonyl (C=O) groups excluding carboxylic acids is 1. The van der Waals surface area contributed by atoms with Crippen LogP contribution in [0.15, 0.2) is 41.7 Å². The molecule has 0 atom stereocenters. The standard InChI is InChI=1S/C18H23FN6O2/c1-20-18(21-7-10-27-16-5-3-14(19)4-6-16)24-8-9-25(17(26)13-24)15-11-22-23(2)12-15/h3-6,11-12H,7-10,13H2,1-2H3,(H,20,21). The van der Waals surface area contributed by atoms with E-state index in [2.05, 4.69) is 15.4 Å². The molecule has 1 amide bonds. The van der Waals surface area contributed by atoms with Crippen molar-refractivity contribution in [2.45, 2.75) is 0 Å². The quantitative estimate of drug-likeness (QED) is 0.477. The van der Waals surface area contributed by atoms with Gasteiger partial charge in [0.2, 0.25) is 5.91 Å². The molecule has 1 fully saturated rings. The molecule has 27 heavy (non-hydrogen) atoms. The van der Waals surface area contributed by atoms with Crippen molar-refractivity contribution in [1.82, 2.24) is 20.0 Å². The number of aryl methyl sites for hydroxylation is 1. The molecule has 1 aromatic heterocycles. The van der Waals surface area contributed by atoms with E-state index in [1.165, 1.54) is 12.1 Å². The number of ether oxygens (including phenoxy) is 1. The number of rotatable bonds is 5. The van der Waals surface area contributed by atoms with Gasteiger partial charge in [-0.2, -0.15) is 5.10 Å². The van der Waals surface area contributed by atoms with Gasteiger partial charge in [0.1, 0.15) is 24.7 Å². The topological polar surface area (TPSA) is 75.0 Å². The van der Waals surface area contributed by atoms with Gasteiger partial charge in [-0.05, 0) is 24.3 Å². The second kappa shape index (κ2) is 8.52. The Kier molecular flexibility index (Phi) is 5.90. The lowest BCUT2D eigenvalue weighted by Crippen LogP contribution is -2.55. The van der Waals surface area contributed by atoms with Gasteiger partial charge in [0, 0.05) is 33.4 Å². The van der Waals surface area contributed by atoms with Gasteiger partial charge in [0.15, 0.2) is 5.96 Å². The van der Waals surface area contributed by atoms with Crippen LogP contribution in [0.25, 0.3) is 0 Å². The number of hydrogen-bond acceptors (Lipinski definition) is 4. The van der Waals surface area contributed by atoms with E-state index >= 15 is 0 Å². The lowest BCUT2D eigenvalue weighted by atomic mass is 10.3. The highest BCUT2D eigenvalue weighted by Gasteiger charge is 2.27. The molecule has 1 aliphatic heterocycles. The zero-order chi connectivity index (χ0) is 19.2. The molecule has 9 heteroatoms. The number of amides is 1. The molecule has 1 saturated heterocycles. The Labute approximate surface area is 157 Å².